The molecule has 0 saturated heterocycles. The third-order valence-corrected chi connectivity index (χ3v) is 4.99. The topological polar surface area (TPSA) is 93.4 Å². The number of benzene rings is 2. The molecule has 6 nitrogen and oxygen atoms in total. The maximum atomic E-state index is 12.5. The second kappa shape index (κ2) is 9.66. The molecule has 2 aromatic carbocycles. The van der Waals surface area contributed by atoms with Gasteiger partial charge in [0.15, 0.2) is 0 Å². The van der Waals surface area contributed by atoms with Gasteiger partial charge < -0.3 is 21.1 Å². The van der Waals surface area contributed by atoms with Crippen molar-refractivity contribution in [2.75, 3.05) is 18.2 Å². The number of ether oxygens (including phenoxy) is 1. The monoisotopic (exact) mass is 423 g/mol. The van der Waals surface area contributed by atoms with Crippen LogP contribution in [0.2, 0.25) is 5.02 Å². The third kappa shape index (κ3) is 5.09. The molecular formula is C20H23Cl2N3O3. The van der Waals surface area contributed by atoms with E-state index in [9.17, 15) is 9.59 Å². The molecule has 3 rings (SSSR count). The molecule has 0 radical (unpaired) electrons. The Balaban J connectivity index is 0.00000280. The normalized spacial score (nSPS) is 13.5. The van der Waals surface area contributed by atoms with E-state index in [1.807, 2.05) is 0 Å². The lowest BCUT2D eigenvalue weighted by molar-refractivity contribution is 0.0937. The minimum atomic E-state index is -0.378. The molecule has 0 heterocycles. The summed E-state index contributed by atoms with van der Waals surface area (Å²) in [6.45, 7) is 0. The number of hydrogen-bond donors (Lipinski definition) is 3. The van der Waals surface area contributed by atoms with Crippen molar-refractivity contribution in [1.29, 1.82) is 0 Å². The van der Waals surface area contributed by atoms with Crippen LogP contribution in [-0.2, 0) is 0 Å². The van der Waals surface area contributed by atoms with Crippen LogP contribution in [0.15, 0.2) is 36.4 Å². The van der Waals surface area contributed by atoms with Gasteiger partial charge in [-0.05, 0) is 43.2 Å². The molecule has 0 aromatic heterocycles. The first-order valence-electron chi connectivity index (χ1n) is 8.83. The van der Waals surface area contributed by atoms with E-state index >= 15 is 0 Å². The fraction of sp³-hybridized carbons (Fsp3) is 0.300. The largest absolute Gasteiger partial charge is 0.496 e. The van der Waals surface area contributed by atoms with E-state index in [0.29, 0.717) is 22.7 Å². The molecule has 1 fully saturated rings. The molecule has 8 heteroatoms. The minimum Gasteiger partial charge on any atom is -0.496 e. The molecule has 0 aliphatic heterocycles. The van der Waals surface area contributed by atoms with Crippen molar-refractivity contribution in [2.24, 2.45) is 0 Å². The van der Waals surface area contributed by atoms with Crippen LogP contribution in [0.25, 0.3) is 0 Å². The van der Waals surface area contributed by atoms with E-state index in [2.05, 4.69) is 10.6 Å². The summed E-state index contributed by atoms with van der Waals surface area (Å²) in [5.41, 5.74) is 7.48. The Hall–Kier alpha value is -2.44. The zero-order chi connectivity index (χ0) is 19.4. The molecule has 4 N–H and O–H groups in total. The lowest BCUT2D eigenvalue weighted by Gasteiger charge is -2.13. The van der Waals surface area contributed by atoms with Crippen molar-refractivity contribution in [1.82, 2.24) is 5.32 Å². The number of rotatable bonds is 5. The summed E-state index contributed by atoms with van der Waals surface area (Å²) < 4.78 is 5.20. The SMILES string of the molecule is COc1cc(N)c(Cl)cc1C(=O)Nc1ccc(C(=O)NC2CCCC2)cc1.Cl. The number of amides is 2. The highest BCUT2D eigenvalue weighted by Gasteiger charge is 2.18. The van der Waals surface area contributed by atoms with Crippen molar-refractivity contribution < 1.29 is 14.3 Å². The number of nitrogen functional groups attached to an aromatic ring is 1. The predicted molar refractivity (Wildman–Crippen MR) is 114 cm³/mol. The average molecular weight is 424 g/mol. The fourth-order valence-electron chi connectivity index (χ4n) is 3.16. The molecule has 0 spiro atoms. The number of nitrogens with one attached hydrogen (secondary N) is 2. The van der Waals surface area contributed by atoms with Crippen LogP contribution >= 0.6 is 24.0 Å². The van der Waals surface area contributed by atoms with Crippen LogP contribution in [0.4, 0.5) is 11.4 Å². The number of hydrogen-bond acceptors (Lipinski definition) is 4. The summed E-state index contributed by atoms with van der Waals surface area (Å²) in [5.74, 6) is -0.134. The van der Waals surface area contributed by atoms with Gasteiger partial charge in [0.25, 0.3) is 11.8 Å². The second-order valence-corrected chi connectivity index (χ2v) is 6.97. The van der Waals surface area contributed by atoms with E-state index in [4.69, 9.17) is 22.1 Å². The minimum absolute atomic E-state index is 0. The molecule has 1 aliphatic carbocycles. The number of methoxy groups -OCH3 is 1. The summed E-state index contributed by atoms with van der Waals surface area (Å²) >= 11 is 6.01. The van der Waals surface area contributed by atoms with Crippen molar-refractivity contribution >= 4 is 47.2 Å². The zero-order valence-corrected chi connectivity index (χ0v) is 17.0. The number of halogens is 2. The highest BCUT2D eigenvalue weighted by molar-refractivity contribution is 6.33. The van der Waals surface area contributed by atoms with Crippen molar-refractivity contribution in [2.45, 2.75) is 31.7 Å². The summed E-state index contributed by atoms with van der Waals surface area (Å²) in [4.78, 5) is 24.8. The smallest absolute Gasteiger partial charge is 0.259 e. The summed E-state index contributed by atoms with van der Waals surface area (Å²) in [7, 11) is 1.46. The van der Waals surface area contributed by atoms with Gasteiger partial charge in [0.2, 0.25) is 0 Å². The first kappa shape index (κ1) is 21.9. The van der Waals surface area contributed by atoms with Crippen LogP contribution in [0.3, 0.4) is 0 Å². The highest BCUT2D eigenvalue weighted by atomic mass is 35.5. The van der Waals surface area contributed by atoms with Gasteiger partial charge in [-0.1, -0.05) is 24.4 Å². The first-order chi connectivity index (χ1) is 13.0. The number of nitrogens with two attached hydrogens (primary N) is 1. The number of anilines is 2. The van der Waals surface area contributed by atoms with Crippen molar-refractivity contribution in [3.8, 4) is 5.75 Å². The third-order valence-electron chi connectivity index (χ3n) is 4.66. The van der Waals surface area contributed by atoms with E-state index in [-0.39, 0.29) is 40.8 Å². The van der Waals surface area contributed by atoms with Crippen LogP contribution in [0, 0.1) is 0 Å². The Bertz CT molecular complexity index is 851. The molecule has 1 saturated carbocycles. The van der Waals surface area contributed by atoms with Gasteiger partial charge >= 0.3 is 0 Å². The standard InChI is InChI=1S/C20H22ClN3O3.ClH/c1-27-18-11-17(22)16(21)10-15(18)20(26)24-14-8-6-12(7-9-14)19(25)23-13-4-2-3-5-13;/h6-11,13H,2-5,22H2,1H3,(H,23,25)(H,24,26);1H. The van der Waals surface area contributed by atoms with Gasteiger partial charge in [0.1, 0.15) is 5.75 Å². The Labute approximate surface area is 175 Å². The maximum absolute atomic E-state index is 12.5. The van der Waals surface area contributed by atoms with Crippen LogP contribution in [0.1, 0.15) is 46.4 Å². The molecule has 1 aliphatic rings. The molecule has 0 unspecified atom stereocenters. The van der Waals surface area contributed by atoms with E-state index in [1.54, 1.807) is 24.3 Å². The van der Waals surface area contributed by atoms with Crippen LogP contribution in [-0.4, -0.2) is 25.0 Å². The molecule has 28 heavy (non-hydrogen) atoms. The Kier molecular flexibility index (Phi) is 7.54. The lowest BCUT2D eigenvalue weighted by atomic mass is 10.1. The highest BCUT2D eigenvalue weighted by Crippen LogP contribution is 2.29. The molecule has 2 aromatic rings. The maximum Gasteiger partial charge on any atom is 0.259 e. The van der Waals surface area contributed by atoms with Crippen LogP contribution in [0.5, 0.6) is 5.75 Å². The summed E-state index contributed by atoms with van der Waals surface area (Å²) in [6.07, 6.45) is 4.39. The van der Waals surface area contributed by atoms with Gasteiger partial charge in [-0.15, -0.1) is 12.4 Å². The van der Waals surface area contributed by atoms with Crippen LogP contribution < -0.4 is 21.1 Å². The van der Waals surface area contributed by atoms with E-state index in [1.165, 1.54) is 19.2 Å². The quantitative estimate of drug-likeness (QED) is 0.625. The molecule has 2 amide bonds. The first-order valence-corrected chi connectivity index (χ1v) is 9.21. The van der Waals surface area contributed by atoms with Crippen molar-refractivity contribution in [3.63, 3.8) is 0 Å². The lowest BCUT2D eigenvalue weighted by Crippen LogP contribution is -2.32. The van der Waals surface area contributed by atoms with E-state index in [0.717, 1.165) is 25.7 Å². The summed E-state index contributed by atoms with van der Waals surface area (Å²) in [6, 6.07) is 9.99. The van der Waals surface area contributed by atoms with Gasteiger partial charge in [-0.3, -0.25) is 9.59 Å². The average Bonchev–Trinajstić information content (AvgIpc) is 3.17. The summed E-state index contributed by atoms with van der Waals surface area (Å²) in [5, 5.41) is 6.08. The Morgan fingerprint density at radius 2 is 1.75 bits per heavy atom. The zero-order valence-electron chi connectivity index (χ0n) is 15.5. The predicted octanol–water partition coefficient (Wildman–Crippen LogP) is 4.28. The molecular weight excluding hydrogens is 401 g/mol. The Morgan fingerprint density at radius 1 is 1.11 bits per heavy atom. The van der Waals surface area contributed by atoms with Crippen molar-refractivity contribution in [3.05, 3.63) is 52.5 Å². The van der Waals surface area contributed by atoms with Gasteiger partial charge in [-0.25, -0.2) is 0 Å². The van der Waals surface area contributed by atoms with E-state index < -0.39 is 0 Å². The molecule has 0 atom stereocenters. The second-order valence-electron chi connectivity index (χ2n) is 6.56. The fourth-order valence-corrected chi connectivity index (χ4v) is 3.32. The van der Waals surface area contributed by atoms with Gasteiger partial charge in [0, 0.05) is 23.4 Å². The molecule has 150 valence electrons. The number of carbonyl (C=O) groups excluding carboxylic acids is 2. The van der Waals surface area contributed by atoms with Gasteiger partial charge in [0.05, 0.1) is 23.4 Å². The van der Waals surface area contributed by atoms with Gasteiger partial charge in [-0.2, -0.15) is 0 Å². The Morgan fingerprint density at radius 3 is 2.36 bits per heavy atom. The molecule has 0 bridgehead atoms. The number of carbonyl (C=O) groups is 2.